The van der Waals surface area contributed by atoms with E-state index in [4.69, 9.17) is 28.9 Å². The Morgan fingerprint density at radius 2 is 1.96 bits per heavy atom. The molecular weight excluding hydrogens is 331 g/mol. The van der Waals surface area contributed by atoms with Crippen LogP contribution >= 0.6 is 23.2 Å². The van der Waals surface area contributed by atoms with Crippen LogP contribution < -0.4 is 11.3 Å². The maximum atomic E-state index is 13.1. The highest BCUT2D eigenvalue weighted by molar-refractivity contribution is 6.48. The van der Waals surface area contributed by atoms with Crippen LogP contribution in [0.2, 0.25) is 5.02 Å². The third-order valence-electron chi connectivity index (χ3n) is 3.44. The molecule has 0 aliphatic heterocycles. The number of rotatable bonds is 4. The largest absolute Gasteiger partial charge is 0.323 e. The quantitative estimate of drug-likeness (QED) is 0.866. The van der Waals surface area contributed by atoms with Gasteiger partial charge in [0.15, 0.2) is 0 Å². The number of para-hydroxylation sites is 1. The number of hydrogen-bond donors (Lipinski definition) is 1. The van der Waals surface area contributed by atoms with Gasteiger partial charge in [0.25, 0.3) is 5.56 Å². The maximum absolute atomic E-state index is 13.1. The molecule has 0 saturated heterocycles. The zero-order chi connectivity index (χ0) is 17.1. The second-order valence-corrected chi connectivity index (χ2v) is 5.99. The lowest BCUT2D eigenvalue weighted by molar-refractivity contribution is 0.728. The Bertz CT molecular complexity index is 821. The number of nitrogens with zero attached hydrogens (tertiary/aromatic N) is 1. The molecule has 0 aliphatic rings. The molecule has 0 fully saturated rings. The van der Waals surface area contributed by atoms with Crippen LogP contribution in [0.15, 0.2) is 47.8 Å². The van der Waals surface area contributed by atoms with Crippen molar-refractivity contribution in [1.29, 1.82) is 0 Å². The summed E-state index contributed by atoms with van der Waals surface area (Å²) < 4.78 is 1.50. The summed E-state index contributed by atoms with van der Waals surface area (Å²) in [4.78, 5) is 13.1. The second-order valence-electron chi connectivity index (χ2n) is 5.16. The van der Waals surface area contributed by atoms with E-state index in [0.29, 0.717) is 22.0 Å². The number of benzene rings is 1. The fourth-order valence-corrected chi connectivity index (χ4v) is 3.10. The molecule has 2 aromatic rings. The summed E-state index contributed by atoms with van der Waals surface area (Å²) in [7, 11) is 0. The maximum Gasteiger partial charge on any atom is 0.264 e. The predicted molar refractivity (Wildman–Crippen MR) is 99.2 cm³/mol. The molecular formula is C18H18Cl2N2O. The van der Waals surface area contributed by atoms with Gasteiger partial charge in [-0.1, -0.05) is 60.1 Å². The van der Waals surface area contributed by atoms with Gasteiger partial charge >= 0.3 is 0 Å². The first-order valence-corrected chi connectivity index (χ1v) is 7.92. The second kappa shape index (κ2) is 7.18. The highest BCUT2D eigenvalue weighted by Gasteiger charge is 2.23. The summed E-state index contributed by atoms with van der Waals surface area (Å²) in [5.74, 6) is 0. The van der Waals surface area contributed by atoms with E-state index in [1.807, 2.05) is 37.3 Å². The molecule has 2 N–H and O–H groups in total. The highest BCUT2D eigenvalue weighted by Crippen LogP contribution is 2.32. The lowest BCUT2D eigenvalue weighted by Gasteiger charge is -2.21. The van der Waals surface area contributed by atoms with E-state index < -0.39 is 6.04 Å². The summed E-state index contributed by atoms with van der Waals surface area (Å²) >= 11 is 12.6. The molecule has 1 aromatic heterocycles. The van der Waals surface area contributed by atoms with Gasteiger partial charge in [0.05, 0.1) is 16.3 Å². The van der Waals surface area contributed by atoms with E-state index in [0.717, 1.165) is 0 Å². The van der Waals surface area contributed by atoms with Crippen LogP contribution in [-0.2, 0) is 0 Å². The zero-order valence-electron chi connectivity index (χ0n) is 13.0. The summed E-state index contributed by atoms with van der Waals surface area (Å²) in [6, 6.07) is 8.76. The van der Waals surface area contributed by atoms with Gasteiger partial charge < -0.3 is 5.73 Å². The number of nitrogens with two attached hydrogens (primary N) is 1. The van der Waals surface area contributed by atoms with E-state index in [1.54, 1.807) is 19.1 Å². The van der Waals surface area contributed by atoms with Crippen LogP contribution in [0.1, 0.15) is 36.7 Å². The molecule has 23 heavy (non-hydrogen) atoms. The van der Waals surface area contributed by atoms with Gasteiger partial charge in [0.2, 0.25) is 0 Å². The third kappa shape index (κ3) is 3.27. The molecule has 0 aliphatic carbocycles. The van der Waals surface area contributed by atoms with E-state index in [1.165, 1.54) is 4.57 Å². The summed E-state index contributed by atoms with van der Waals surface area (Å²) in [5.41, 5.74) is 7.84. The van der Waals surface area contributed by atoms with Crippen molar-refractivity contribution in [2.75, 3.05) is 0 Å². The Labute approximate surface area is 145 Å². The number of allylic oxidation sites excluding steroid dienone is 1. The minimum atomic E-state index is -0.433. The minimum absolute atomic E-state index is 0.144. The van der Waals surface area contributed by atoms with E-state index in [-0.39, 0.29) is 16.2 Å². The van der Waals surface area contributed by atoms with E-state index in [9.17, 15) is 4.79 Å². The summed E-state index contributed by atoms with van der Waals surface area (Å²) in [5, 5.41) is 0.546. The van der Waals surface area contributed by atoms with Crippen molar-refractivity contribution in [1.82, 2.24) is 4.57 Å². The number of aromatic nitrogens is 1. The van der Waals surface area contributed by atoms with Crippen LogP contribution in [0.4, 0.5) is 0 Å². The van der Waals surface area contributed by atoms with Crippen LogP contribution in [0.25, 0.3) is 16.8 Å². The minimum Gasteiger partial charge on any atom is -0.323 e. The van der Waals surface area contributed by atoms with Gasteiger partial charge in [-0.3, -0.25) is 9.36 Å². The van der Waals surface area contributed by atoms with Gasteiger partial charge in [0, 0.05) is 22.3 Å². The monoisotopic (exact) mass is 348 g/mol. The molecule has 0 spiro atoms. The Kier molecular flexibility index (Phi) is 5.47. The Balaban J connectivity index is 3.02. The molecule has 5 heteroatoms. The molecule has 1 unspecified atom stereocenters. The molecule has 120 valence electrons. The van der Waals surface area contributed by atoms with Crippen molar-refractivity contribution in [2.45, 2.75) is 19.9 Å². The third-order valence-corrected chi connectivity index (χ3v) is 4.03. The Morgan fingerprint density at radius 3 is 2.43 bits per heavy atom. The topological polar surface area (TPSA) is 48.0 Å². The van der Waals surface area contributed by atoms with Crippen LogP contribution in [-0.4, -0.2) is 4.57 Å². The molecule has 0 amide bonds. The van der Waals surface area contributed by atoms with Crippen molar-refractivity contribution < 1.29 is 0 Å². The van der Waals surface area contributed by atoms with Crippen molar-refractivity contribution >= 4 is 34.3 Å². The Morgan fingerprint density at radius 1 is 1.35 bits per heavy atom. The van der Waals surface area contributed by atoms with Gasteiger partial charge in [-0.25, -0.2) is 0 Å². The standard InChI is InChI=1S/C18H18Cl2N2O/c1-4-8-14-15(11(2)19)18(23)22(13-9-6-5-7-10-13)17(12(3)21)16(14)20/h4-10,12H,2,21H2,1,3H3/b8-4-. The van der Waals surface area contributed by atoms with Crippen molar-refractivity contribution in [2.24, 2.45) is 5.73 Å². The average Bonchev–Trinajstić information content (AvgIpc) is 2.50. The lowest BCUT2D eigenvalue weighted by Crippen LogP contribution is -2.29. The lowest BCUT2D eigenvalue weighted by atomic mass is 10.0. The molecule has 1 heterocycles. The van der Waals surface area contributed by atoms with Crippen molar-refractivity contribution in [3.63, 3.8) is 0 Å². The van der Waals surface area contributed by atoms with Gasteiger partial charge in [0.1, 0.15) is 0 Å². The molecule has 1 aromatic carbocycles. The first-order valence-electron chi connectivity index (χ1n) is 7.17. The van der Waals surface area contributed by atoms with Crippen LogP contribution in [0.3, 0.4) is 0 Å². The van der Waals surface area contributed by atoms with Gasteiger partial charge in [-0.2, -0.15) is 0 Å². The van der Waals surface area contributed by atoms with E-state index >= 15 is 0 Å². The van der Waals surface area contributed by atoms with Gasteiger partial charge in [-0.15, -0.1) is 0 Å². The zero-order valence-corrected chi connectivity index (χ0v) is 14.5. The van der Waals surface area contributed by atoms with Crippen molar-refractivity contribution in [3.8, 4) is 5.69 Å². The number of halogens is 2. The first kappa shape index (κ1) is 17.5. The highest BCUT2D eigenvalue weighted by atomic mass is 35.5. The summed E-state index contributed by atoms with van der Waals surface area (Å²) in [6.45, 7) is 7.33. The van der Waals surface area contributed by atoms with Gasteiger partial charge in [-0.05, 0) is 26.0 Å². The number of hydrogen-bond acceptors (Lipinski definition) is 2. The average molecular weight is 349 g/mol. The number of pyridine rings is 1. The Hall–Kier alpha value is -1.81. The fraction of sp³-hybridized carbons (Fsp3) is 0.167. The normalized spacial score (nSPS) is 12.6. The summed E-state index contributed by atoms with van der Waals surface area (Å²) in [6.07, 6.45) is 3.54. The fourth-order valence-electron chi connectivity index (χ4n) is 2.50. The van der Waals surface area contributed by atoms with Crippen molar-refractivity contribution in [3.05, 3.63) is 75.2 Å². The molecule has 0 saturated carbocycles. The molecule has 3 nitrogen and oxygen atoms in total. The SMILES string of the molecule is C=C(Cl)c1c(/C=C\C)c(Cl)c(C(C)N)n(-c2ccccc2)c1=O. The van der Waals surface area contributed by atoms with E-state index in [2.05, 4.69) is 6.58 Å². The first-order chi connectivity index (χ1) is 10.9. The van der Waals surface area contributed by atoms with Crippen LogP contribution in [0, 0.1) is 0 Å². The molecule has 0 radical (unpaired) electrons. The smallest absolute Gasteiger partial charge is 0.264 e. The predicted octanol–water partition coefficient (Wildman–Crippen LogP) is 4.75. The van der Waals surface area contributed by atoms with Crippen LogP contribution in [0.5, 0.6) is 0 Å². The molecule has 1 atom stereocenters. The molecule has 2 rings (SSSR count). The molecule has 0 bridgehead atoms.